The molecule has 1 aromatic rings. The predicted molar refractivity (Wildman–Crippen MR) is 52.5 cm³/mol. The fourth-order valence-corrected chi connectivity index (χ4v) is 1.18. The number of aromatic nitrogens is 1. The number of rotatable bonds is 2. The van der Waals surface area contributed by atoms with Crippen molar-refractivity contribution in [1.29, 1.82) is 0 Å². The van der Waals surface area contributed by atoms with Crippen LogP contribution >= 0.6 is 0 Å². The van der Waals surface area contributed by atoms with Crippen LogP contribution in [0.1, 0.15) is 37.9 Å². The van der Waals surface area contributed by atoms with Gasteiger partial charge in [-0.25, -0.2) is 0 Å². The van der Waals surface area contributed by atoms with E-state index >= 15 is 0 Å². The van der Waals surface area contributed by atoms with Crippen molar-refractivity contribution in [2.45, 2.75) is 32.9 Å². The van der Waals surface area contributed by atoms with Gasteiger partial charge in [-0.2, -0.15) is 13.2 Å². The zero-order chi connectivity index (χ0) is 11.6. The minimum Gasteiger partial charge on any atom is -0.260 e. The van der Waals surface area contributed by atoms with Gasteiger partial charge in [0, 0.05) is 17.8 Å². The molecule has 0 aromatic carbocycles. The summed E-state index contributed by atoms with van der Waals surface area (Å²) < 4.78 is 36.7. The molecule has 0 saturated heterocycles. The van der Waals surface area contributed by atoms with Crippen LogP contribution in [-0.2, 0) is 6.18 Å². The topological polar surface area (TPSA) is 12.9 Å². The first-order valence-electron chi connectivity index (χ1n) is 4.85. The Morgan fingerprint density at radius 3 is 2.07 bits per heavy atom. The van der Waals surface area contributed by atoms with Gasteiger partial charge in [-0.3, -0.25) is 4.98 Å². The molecule has 1 unspecified atom stereocenters. The molecule has 1 heterocycles. The molecule has 0 aliphatic rings. The van der Waals surface area contributed by atoms with Crippen molar-refractivity contribution in [3.8, 4) is 0 Å². The van der Waals surface area contributed by atoms with Gasteiger partial charge in [0.15, 0.2) is 0 Å². The zero-order valence-electron chi connectivity index (χ0n) is 8.97. The Hall–Kier alpha value is -1.06. The van der Waals surface area contributed by atoms with E-state index in [0.29, 0.717) is 11.6 Å². The van der Waals surface area contributed by atoms with E-state index < -0.39 is 11.7 Å². The summed E-state index contributed by atoms with van der Waals surface area (Å²) >= 11 is 0. The quantitative estimate of drug-likeness (QED) is 0.733. The molecule has 0 N–H and O–H groups in total. The molecule has 4 heteroatoms. The van der Waals surface area contributed by atoms with Gasteiger partial charge >= 0.3 is 6.18 Å². The number of alkyl halides is 3. The SMILES string of the molecule is CC(C)C(C)c1ccc(C(F)(F)F)cn1. The van der Waals surface area contributed by atoms with Gasteiger partial charge in [0.1, 0.15) is 0 Å². The molecule has 0 fully saturated rings. The predicted octanol–water partition coefficient (Wildman–Crippen LogP) is 3.86. The summed E-state index contributed by atoms with van der Waals surface area (Å²) in [5.41, 5.74) is 0.0141. The second-order valence-electron chi connectivity index (χ2n) is 4.00. The van der Waals surface area contributed by atoms with Crippen LogP contribution in [0.2, 0.25) is 0 Å². The largest absolute Gasteiger partial charge is 0.417 e. The van der Waals surface area contributed by atoms with Crippen molar-refractivity contribution in [3.63, 3.8) is 0 Å². The maximum absolute atomic E-state index is 12.2. The Morgan fingerprint density at radius 1 is 1.13 bits per heavy atom. The van der Waals surface area contributed by atoms with Crippen molar-refractivity contribution in [2.75, 3.05) is 0 Å². The van der Waals surface area contributed by atoms with Gasteiger partial charge < -0.3 is 0 Å². The normalized spacial score (nSPS) is 14.3. The van der Waals surface area contributed by atoms with Crippen LogP contribution in [0.3, 0.4) is 0 Å². The Morgan fingerprint density at radius 2 is 1.73 bits per heavy atom. The van der Waals surface area contributed by atoms with E-state index in [9.17, 15) is 13.2 Å². The fourth-order valence-electron chi connectivity index (χ4n) is 1.18. The molecule has 1 rings (SSSR count). The molecule has 84 valence electrons. The smallest absolute Gasteiger partial charge is 0.260 e. The minimum absolute atomic E-state index is 0.173. The Kier molecular flexibility index (Phi) is 3.37. The van der Waals surface area contributed by atoms with Gasteiger partial charge in [-0.1, -0.05) is 20.8 Å². The molecule has 1 aromatic heterocycles. The molecule has 0 amide bonds. The Labute approximate surface area is 87.3 Å². The number of hydrogen-bond acceptors (Lipinski definition) is 1. The third-order valence-electron chi connectivity index (χ3n) is 2.58. The summed E-state index contributed by atoms with van der Waals surface area (Å²) in [6.07, 6.45) is -3.40. The second kappa shape index (κ2) is 4.21. The first-order valence-corrected chi connectivity index (χ1v) is 4.85. The highest BCUT2D eigenvalue weighted by molar-refractivity contribution is 5.19. The van der Waals surface area contributed by atoms with Crippen LogP contribution in [0.4, 0.5) is 13.2 Å². The molecule has 0 aliphatic carbocycles. The van der Waals surface area contributed by atoms with Crippen molar-refractivity contribution >= 4 is 0 Å². The van der Waals surface area contributed by atoms with Gasteiger partial charge in [-0.15, -0.1) is 0 Å². The van der Waals surface area contributed by atoms with Crippen molar-refractivity contribution in [1.82, 2.24) is 4.98 Å². The molecular formula is C11H14F3N. The lowest BCUT2D eigenvalue weighted by molar-refractivity contribution is -0.137. The molecule has 0 bridgehead atoms. The van der Waals surface area contributed by atoms with Crippen molar-refractivity contribution in [3.05, 3.63) is 29.6 Å². The summed E-state index contributed by atoms with van der Waals surface area (Å²) in [4.78, 5) is 3.85. The van der Waals surface area contributed by atoms with E-state index in [1.807, 2.05) is 20.8 Å². The summed E-state index contributed by atoms with van der Waals surface area (Å²) in [6.45, 7) is 5.99. The van der Waals surface area contributed by atoms with Crippen LogP contribution in [-0.4, -0.2) is 4.98 Å². The van der Waals surface area contributed by atoms with E-state index in [2.05, 4.69) is 4.98 Å². The highest BCUT2D eigenvalue weighted by Gasteiger charge is 2.30. The maximum Gasteiger partial charge on any atom is 0.417 e. The molecule has 0 radical (unpaired) electrons. The van der Waals surface area contributed by atoms with E-state index in [0.717, 1.165) is 12.3 Å². The standard InChI is InChI=1S/C11H14F3N/c1-7(2)8(3)10-5-4-9(6-15-10)11(12,13)14/h4-8H,1-3H3. The van der Waals surface area contributed by atoms with E-state index in [1.54, 1.807) is 0 Å². The number of hydrogen-bond donors (Lipinski definition) is 0. The monoisotopic (exact) mass is 217 g/mol. The lowest BCUT2D eigenvalue weighted by Crippen LogP contribution is -2.08. The Bertz CT molecular complexity index is 314. The summed E-state index contributed by atoms with van der Waals surface area (Å²) in [5.74, 6) is 0.543. The Balaban J connectivity index is 2.91. The maximum atomic E-state index is 12.2. The van der Waals surface area contributed by atoms with Crippen LogP contribution in [0, 0.1) is 5.92 Å². The molecule has 15 heavy (non-hydrogen) atoms. The first-order chi connectivity index (χ1) is 6.82. The highest BCUT2D eigenvalue weighted by atomic mass is 19.4. The number of halogens is 3. The second-order valence-corrected chi connectivity index (χ2v) is 4.00. The summed E-state index contributed by atoms with van der Waals surface area (Å²) in [6, 6.07) is 2.54. The molecular weight excluding hydrogens is 203 g/mol. The van der Waals surface area contributed by atoms with Crippen LogP contribution in [0.5, 0.6) is 0 Å². The van der Waals surface area contributed by atoms with Crippen molar-refractivity contribution in [2.24, 2.45) is 5.92 Å². The van der Waals surface area contributed by atoms with Crippen LogP contribution < -0.4 is 0 Å². The third kappa shape index (κ3) is 2.94. The molecule has 0 saturated carbocycles. The lowest BCUT2D eigenvalue weighted by atomic mass is 9.94. The first kappa shape index (κ1) is 12.0. The van der Waals surface area contributed by atoms with Crippen LogP contribution in [0.15, 0.2) is 18.3 Å². The van der Waals surface area contributed by atoms with Crippen LogP contribution in [0.25, 0.3) is 0 Å². The lowest BCUT2D eigenvalue weighted by Gasteiger charge is -2.15. The molecule has 0 aliphatic heterocycles. The minimum atomic E-state index is -4.30. The van der Waals surface area contributed by atoms with E-state index in [-0.39, 0.29) is 5.92 Å². The summed E-state index contributed by atoms with van der Waals surface area (Å²) in [7, 11) is 0. The van der Waals surface area contributed by atoms with Gasteiger partial charge in [0.05, 0.1) is 5.56 Å². The average Bonchev–Trinajstić information content (AvgIpc) is 2.15. The van der Waals surface area contributed by atoms with E-state index in [1.165, 1.54) is 6.07 Å². The number of nitrogens with zero attached hydrogens (tertiary/aromatic N) is 1. The number of pyridine rings is 1. The highest BCUT2D eigenvalue weighted by Crippen LogP contribution is 2.30. The summed E-state index contributed by atoms with van der Waals surface area (Å²) in [5, 5.41) is 0. The van der Waals surface area contributed by atoms with Gasteiger partial charge in [-0.05, 0) is 18.1 Å². The van der Waals surface area contributed by atoms with Gasteiger partial charge in [0.25, 0.3) is 0 Å². The molecule has 1 atom stereocenters. The van der Waals surface area contributed by atoms with E-state index in [4.69, 9.17) is 0 Å². The third-order valence-corrected chi connectivity index (χ3v) is 2.58. The molecule has 0 spiro atoms. The van der Waals surface area contributed by atoms with Gasteiger partial charge in [0.2, 0.25) is 0 Å². The average molecular weight is 217 g/mol. The van der Waals surface area contributed by atoms with Crippen molar-refractivity contribution < 1.29 is 13.2 Å². The molecule has 1 nitrogen and oxygen atoms in total. The zero-order valence-corrected chi connectivity index (χ0v) is 8.97. The fraction of sp³-hybridized carbons (Fsp3) is 0.545.